The summed E-state index contributed by atoms with van der Waals surface area (Å²) >= 11 is 0. The van der Waals surface area contributed by atoms with Gasteiger partial charge in [0.1, 0.15) is 5.82 Å². The number of rotatable bonds is 4. The van der Waals surface area contributed by atoms with Crippen molar-refractivity contribution in [3.8, 4) is 0 Å². The normalized spacial score (nSPS) is 18.1. The van der Waals surface area contributed by atoms with E-state index < -0.39 is 0 Å². The van der Waals surface area contributed by atoms with Crippen LogP contribution in [0, 0.1) is 0 Å². The minimum absolute atomic E-state index is 0.673. The Labute approximate surface area is 127 Å². The van der Waals surface area contributed by atoms with Crippen molar-refractivity contribution in [2.24, 2.45) is 0 Å². The maximum absolute atomic E-state index is 4.68. The van der Waals surface area contributed by atoms with E-state index in [4.69, 9.17) is 0 Å². The highest BCUT2D eigenvalue weighted by Crippen LogP contribution is 2.19. The summed E-state index contributed by atoms with van der Waals surface area (Å²) in [6.45, 7) is 7.91. The molecule has 2 heterocycles. The van der Waals surface area contributed by atoms with Gasteiger partial charge >= 0.3 is 0 Å². The number of aromatic amines is 1. The summed E-state index contributed by atoms with van der Waals surface area (Å²) in [4.78, 5) is 13.1. The lowest BCUT2D eigenvalue weighted by Gasteiger charge is -2.38. The molecule has 0 saturated carbocycles. The van der Waals surface area contributed by atoms with Gasteiger partial charge in [0.25, 0.3) is 0 Å². The van der Waals surface area contributed by atoms with Gasteiger partial charge in [-0.25, -0.2) is 4.98 Å². The summed E-state index contributed by atoms with van der Waals surface area (Å²) in [6.07, 6.45) is 2.52. The van der Waals surface area contributed by atoms with E-state index in [0.717, 1.165) is 23.4 Å². The number of fused-ring (bicyclic) bond motifs is 1. The molecule has 21 heavy (non-hydrogen) atoms. The summed E-state index contributed by atoms with van der Waals surface area (Å²) in [7, 11) is 2.23. The molecule has 3 rings (SSSR count). The van der Waals surface area contributed by atoms with Crippen molar-refractivity contribution in [1.82, 2.24) is 19.8 Å². The number of benzene rings is 1. The van der Waals surface area contributed by atoms with Gasteiger partial charge < -0.3 is 9.88 Å². The van der Waals surface area contributed by atoms with Crippen LogP contribution in [-0.4, -0.2) is 52.0 Å². The van der Waals surface area contributed by atoms with Gasteiger partial charge in [-0.1, -0.05) is 12.1 Å². The molecule has 114 valence electrons. The van der Waals surface area contributed by atoms with E-state index in [1.807, 2.05) is 6.07 Å². The van der Waals surface area contributed by atoms with Crippen LogP contribution in [-0.2, 0) is 6.54 Å². The zero-order valence-electron chi connectivity index (χ0n) is 13.3. The highest BCUT2D eigenvalue weighted by Gasteiger charge is 2.24. The van der Waals surface area contributed by atoms with Gasteiger partial charge in [-0.05, 0) is 59.0 Å². The van der Waals surface area contributed by atoms with E-state index >= 15 is 0 Å². The quantitative estimate of drug-likeness (QED) is 0.938. The third-order valence-corrected chi connectivity index (χ3v) is 4.69. The molecule has 1 aliphatic heterocycles. The van der Waals surface area contributed by atoms with Gasteiger partial charge in [-0.15, -0.1) is 0 Å². The summed E-state index contributed by atoms with van der Waals surface area (Å²) in [5.74, 6) is 1.07. The standard InChI is InChI=1S/C17H26N4/c1-13(2)21-10-8-14(9-11-21)20(3)12-17-18-15-6-4-5-7-16(15)19-17/h4-7,13-14H,8-12H2,1-3H3,(H,18,19). The second kappa shape index (κ2) is 6.16. The summed E-state index contributed by atoms with van der Waals surface area (Å²) in [5, 5.41) is 0. The first-order valence-electron chi connectivity index (χ1n) is 8.01. The van der Waals surface area contributed by atoms with Crippen LogP contribution in [0.5, 0.6) is 0 Å². The maximum Gasteiger partial charge on any atom is 0.121 e. The Morgan fingerprint density at radius 3 is 2.67 bits per heavy atom. The average molecular weight is 286 g/mol. The first-order valence-corrected chi connectivity index (χ1v) is 8.01. The SMILES string of the molecule is CC(C)N1CCC(N(C)Cc2nc3ccccc3[nH]2)CC1. The highest BCUT2D eigenvalue weighted by atomic mass is 15.2. The number of piperidine rings is 1. The van der Waals surface area contributed by atoms with E-state index in [0.29, 0.717) is 12.1 Å². The molecule has 0 radical (unpaired) electrons. The summed E-state index contributed by atoms with van der Waals surface area (Å²) in [5.41, 5.74) is 2.20. The second-order valence-electron chi connectivity index (χ2n) is 6.48. The largest absolute Gasteiger partial charge is 0.341 e. The van der Waals surface area contributed by atoms with Crippen molar-refractivity contribution >= 4 is 11.0 Å². The third-order valence-electron chi connectivity index (χ3n) is 4.69. The van der Waals surface area contributed by atoms with Gasteiger partial charge in [-0.3, -0.25) is 4.90 Å². The molecule has 1 aromatic heterocycles. The fraction of sp³-hybridized carbons (Fsp3) is 0.588. The van der Waals surface area contributed by atoms with E-state index in [9.17, 15) is 0 Å². The van der Waals surface area contributed by atoms with Crippen LogP contribution in [0.25, 0.3) is 11.0 Å². The fourth-order valence-corrected chi connectivity index (χ4v) is 3.29. The molecule has 1 N–H and O–H groups in total. The second-order valence-corrected chi connectivity index (χ2v) is 6.48. The molecular formula is C17H26N4. The molecule has 0 atom stereocenters. The van der Waals surface area contributed by atoms with Crippen molar-refractivity contribution < 1.29 is 0 Å². The van der Waals surface area contributed by atoms with Crippen LogP contribution in [0.3, 0.4) is 0 Å². The van der Waals surface area contributed by atoms with E-state index in [1.165, 1.54) is 25.9 Å². The lowest BCUT2D eigenvalue weighted by atomic mass is 10.0. The molecule has 0 unspecified atom stereocenters. The van der Waals surface area contributed by atoms with Crippen molar-refractivity contribution in [3.63, 3.8) is 0 Å². The van der Waals surface area contributed by atoms with Crippen molar-refractivity contribution in [2.45, 2.75) is 45.3 Å². The molecule has 0 aliphatic carbocycles. The van der Waals surface area contributed by atoms with E-state index in [-0.39, 0.29) is 0 Å². The van der Waals surface area contributed by atoms with Gasteiger partial charge in [0.15, 0.2) is 0 Å². The average Bonchev–Trinajstić information content (AvgIpc) is 2.89. The lowest BCUT2D eigenvalue weighted by molar-refractivity contribution is 0.103. The van der Waals surface area contributed by atoms with Crippen LogP contribution < -0.4 is 0 Å². The lowest BCUT2D eigenvalue weighted by Crippen LogP contribution is -2.45. The first kappa shape index (κ1) is 14.5. The van der Waals surface area contributed by atoms with Crippen LogP contribution in [0.1, 0.15) is 32.5 Å². The van der Waals surface area contributed by atoms with Gasteiger partial charge in [0.2, 0.25) is 0 Å². The molecule has 4 heteroatoms. The molecular weight excluding hydrogens is 260 g/mol. The summed E-state index contributed by atoms with van der Waals surface area (Å²) < 4.78 is 0. The molecule has 1 aliphatic rings. The number of nitrogens with zero attached hydrogens (tertiary/aromatic N) is 3. The minimum Gasteiger partial charge on any atom is -0.341 e. The molecule has 0 spiro atoms. The van der Waals surface area contributed by atoms with E-state index in [1.54, 1.807) is 0 Å². The Bertz CT molecular complexity index is 548. The predicted octanol–water partition coefficient (Wildman–Crippen LogP) is 2.87. The topological polar surface area (TPSA) is 35.2 Å². The molecule has 0 amide bonds. The van der Waals surface area contributed by atoms with Gasteiger partial charge in [-0.2, -0.15) is 0 Å². The van der Waals surface area contributed by atoms with Crippen LogP contribution in [0.4, 0.5) is 0 Å². The zero-order chi connectivity index (χ0) is 14.8. The number of para-hydroxylation sites is 2. The van der Waals surface area contributed by atoms with Crippen LogP contribution in [0.15, 0.2) is 24.3 Å². The summed E-state index contributed by atoms with van der Waals surface area (Å²) in [6, 6.07) is 9.59. The van der Waals surface area contributed by atoms with Gasteiger partial charge in [0.05, 0.1) is 17.6 Å². The molecule has 0 bridgehead atoms. The Kier molecular flexibility index (Phi) is 4.27. The van der Waals surface area contributed by atoms with Gasteiger partial charge in [0, 0.05) is 12.1 Å². The molecule has 4 nitrogen and oxygen atoms in total. The Morgan fingerprint density at radius 1 is 1.29 bits per heavy atom. The Hall–Kier alpha value is -1.39. The number of aromatic nitrogens is 2. The predicted molar refractivity (Wildman–Crippen MR) is 87.3 cm³/mol. The zero-order valence-corrected chi connectivity index (χ0v) is 13.3. The van der Waals surface area contributed by atoms with Crippen molar-refractivity contribution in [3.05, 3.63) is 30.1 Å². The van der Waals surface area contributed by atoms with Crippen molar-refractivity contribution in [1.29, 1.82) is 0 Å². The first-order chi connectivity index (χ1) is 10.1. The van der Waals surface area contributed by atoms with Crippen molar-refractivity contribution in [2.75, 3.05) is 20.1 Å². The number of likely N-dealkylation sites (tertiary alicyclic amines) is 1. The van der Waals surface area contributed by atoms with Crippen LogP contribution >= 0.6 is 0 Å². The molecule has 1 fully saturated rings. The molecule has 2 aromatic rings. The smallest absolute Gasteiger partial charge is 0.121 e. The Morgan fingerprint density at radius 2 is 2.00 bits per heavy atom. The number of hydrogen-bond acceptors (Lipinski definition) is 3. The Balaban J connectivity index is 1.60. The number of hydrogen-bond donors (Lipinski definition) is 1. The van der Waals surface area contributed by atoms with Crippen LogP contribution in [0.2, 0.25) is 0 Å². The van der Waals surface area contributed by atoms with E-state index in [2.05, 4.69) is 58.9 Å². The minimum atomic E-state index is 0.673. The number of nitrogens with one attached hydrogen (secondary N) is 1. The monoisotopic (exact) mass is 286 g/mol. The molecule has 1 aromatic carbocycles. The number of H-pyrrole nitrogens is 1. The maximum atomic E-state index is 4.68. The molecule has 1 saturated heterocycles. The highest BCUT2D eigenvalue weighted by molar-refractivity contribution is 5.74. The fourth-order valence-electron chi connectivity index (χ4n) is 3.29. The number of imidazole rings is 1. The third kappa shape index (κ3) is 3.27.